The minimum atomic E-state index is -0.177. The van der Waals surface area contributed by atoms with Crippen LogP contribution >= 0.6 is 0 Å². The first kappa shape index (κ1) is 25.0. The number of ether oxygens (including phenoxy) is 2. The van der Waals surface area contributed by atoms with Crippen molar-refractivity contribution in [2.45, 2.75) is 38.6 Å². The third kappa shape index (κ3) is 5.52. The van der Waals surface area contributed by atoms with Crippen LogP contribution in [0, 0.1) is 11.3 Å². The lowest BCUT2D eigenvalue weighted by molar-refractivity contribution is -0.127. The second-order valence-corrected chi connectivity index (χ2v) is 9.17. The molecule has 2 aromatic carbocycles. The van der Waals surface area contributed by atoms with Crippen LogP contribution in [0.1, 0.15) is 38.6 Å². The first-order valence-electron chi connectivity index (χ1n) is 12.9. The van der Waals surface area contributed by atoms with Crippen LogP contribution in [0.5, 0.6) is 23.1 Å². The van der Waals surface area contributed by atoms with Crippen LogP contribution in [0.3, 0.4) is 0 Å². The smallest absolute Gasteiger partial charge is 0.264 e. The van der Waals surface area contributed by atoms with Gasteiger partial charge in [-0.2, -0.15) is 10.2 Å². The second kappa shape index (κ2) is 11.6. The van der Waals surface area contributed by atoms with Crippen LogP contribution < -0.4 is 9.47 Å². The van der Waals surface area contributed by atoms with Crippen LogP contribution in [-0.4, -0.2) is 38.4 Å². The van der Waals surface area contributed by atoms with Gasteiger partial charge < -0.3 is 18.9 Å². The van der Waals surface area contributed by atoms with E-state index in [0.29, 0.717) is 30.5 Å². The lowest BCUT2D eigenvalue weighted by Gasteiger charge is -2.33. The van der Waals surface area contributed by atoms with Gasteiger partial charge in [-0.1, -0.05) is 37.6 Å². The van der Waals surface area contributed by atoms with E-state index in [0.717, 1.165) is 42.5 Å². The molecule has 0 atom stereocenters. The molecule has 1 saturated heterocycles. The van der Waals surface area contributed by atoms with Gasteiger partial charge in [0.15, 0.2) is 0 Å². The van der Waals surface area contributed by atoms with Gasteiger partial charge in [0.1, 0.15) is 40.7 Å². The summed E-state index contributed by atoms with van der Waals surface area (Å²) in [7, 11) is 0. The molecule has 8 nitrogen and oxygen atoms in total. The molecular formula is C30H29N5O3. The Morgan fingerprint density at radius 2 is 1.68 bits per heavy atom. The van der Waals surface area contributed by atoms with Crippen molar-refractivity contribution in [3.8, 4) is 29.2 Å². The van der Waals surface area contributed by atoms with Gasteiger partial charge in [0.2, 0.25) is 5.88 Å². The number of unbranched alkanes of at least 4 members (excludes halogenated alkanes) is 1. The topological polar surface area (TPSA) is 93.3 Å². The molecule has 1 aliphatic rings. The summed E-state index contributed by atoms with van der Waals surface area (Å²) in [4.78, 5) is 23.4. The van der Waals surface area contributed by atoms with Crippen molar-refractivity contribution in [2.75, 3.05) is 13.1 Å². The number of carbonyl (C=O) groups excluding carboxylic acids is 1. The summed E-state index contributed by atoms with van der Waals surface area (Å²) in [6.45, 7) is 3.20. The van der Waals surface area contributed by atoms with Gasteiger partial charge in [0, 0.05) is 25.3 Å². The Morgan fingerprint density at radius 3 is 2.37 bits per heavy atom. The molecule has 2 aromatic heterocycles. The monoisotopic (exact) mass is 507 g/mol. The fourth-order valence-corrected chi connectivity index (χ4v) is 4.64. The Bertz CT molecular complexity index is 1460. The van der Waals surface area contributed by atoms with Gasteiger partial charge in [0.25, 0.3) is 5.91 Å². The number of piperidine rings is 1. The molecule has 3 heterocycles. The van der Waals surface area contributed by atoms with E-state index in [1.807, 2.05) is 73.8 Å². The highest BCUT2D eigenvalue weighted by Gasteiger charge is 2.27. The van der Waals surface area contributed by atoms with E-state index in [-0.39, 0.29) is 17.5 Å². The van der Waals surface area contributed by atoms with Crippen LogP contribution in [0.4, 0.5) is 0 Å². The zero-order chi connectivity index (χ0) is 26.3. The number of likely N-dealkylation sites (tertiary alicyclic amines) is 1. The Kier molecular flexibility index (Phi) is 7.65. The highest BCUT2D eigenvalue weighted by Crippen LogP contribution is 2.34. The van der Waals surface area contributed by atoms with Gasteiger partial charge in [0.05, 0.1) is 5.52 Å². The molecule has 1 amide bonds. The molecule has 192 valence electrons. The van der Waals surface area contributed by atoms with E-state index < -0.39 is 0 Å². The van der Waals surface area contributed by atoms with E-state index in [1.165, 1.54) is 6.33 Å². The van der Waals surface area contributed by atoms with Crippen molar-refractivity contribution >= 4 is 16.9 Å². The lowest BCUT2D eigenvalue weighted by Crippen LogP contribution is -2.39. The molecule has 0 saturated carbocycles. The maximum atomic E-state index is 12.8. The Hall–Kier alpha value is -4.64. The van der Waals surface area contributed by atoms with Gasteiger partial charge in [-0.3, -0.25) is 4.79 Å². The number of hydrogen-bond acceptors (Lipinski definition) is 6. The van der Waals surface area contributed by atoms with E-state index >= 15 is 0 Å². The second-order valence-electron chi connectivity index (χ2n) is 9.17. The zero-order valence-electron chi connectivity index (χ0n) is 21.3. The minimum absolute atomic E-state index is 0.164. The number of nitriles is 1. The van der Waals surface area contributed by atoms with E-state index in [9.17, 15) is 10.1 Å². The average Bonchev–Trinajstić information content (AvgIpc) is 3.40. The molecule has 4 aromatic rings. The summed E-state index contributed by atoms with van der Waals surface area (Å²) in [5.74, 6) is 2.42. The van der Waals surface area contributed by atoms with Crippen LogP contribution in [-0.2, 0) is 4.79 Å². The van der Waals surface area contributed by atoms with Crippen molar-refractivity contribution in [3.63, 3.8) is 0 Å². The molecule has 0 bridgehead atoms. The highest BCUT2D eigenvalue weighted by molar-refractivity contribution is 5.97. The largest absolute Gasteiger partial charge is 0.457 e. The summed E-state index contributed by atoms with van der Waals surface area (Å²) >= 11 is 0. The highest BCUT2D eigenvalue weighted by atomic mass is 16.5. The lowest BCUT2D eigenvalue weighted by atomic mass is 10.0. The fraction of sp³-hybridized carbons (Fsp3) is 0.267. The molecule has 0 aliphatic carbocycles. The Balaban J connectivity index is 1.29. The third-order valence-corrected chi connectivity index (χ3v) is 6.62. The van der Waals surface area contributed by atoms with Crippen molar-refractivity contribution in [1.29, 1.82) is 5.26 Å². The molecule has 5 rings (SSSR count). The number of carbonyl (C=O) groups is 1. The third-order valence-electron chi connectivity index (χ3n) is 6.62. The number of nitrogens with zero attached hydrogens (tertiary/aromatic N) is 5. The standard InChI is InChI=1S/C30H29N5O3/c1-2-3-7-22(20-31)30(36)34-17-14-23(15-18-34)35-19-16-27-28(35)29(33-21-32-27)38-26-12-10-25(11-13-26)37-24-8-5-4-6-9-24/h4-13,16,19,21,23H,2-3,14-15,17-18H2,1H3/b22-7+. The van der Waals surface area contributed by atoms with Crippen molar-refractivity contribution in [3.05, 3.63) is 84.8 Å². The molecule has 1 fully saturated rings. The Morgan fingerprint density at radius 1 is 1.00 bits per heavy atom. The number of hydrogen-bond donors (Lipinski definition) is 0. The predicted octanol–water partition coefficient (Wildman–Crippen LogP) is 6.43. The van der Waals surface area contributed by atoms with Crippen LogP contribution in [0.2, 0.25) is 0 Å². The van der Waals surface area contributed by atoms with Gasteiger partial charge in [-0.15, -0.1) is 0 Å². The van der Waals surface area contributed by atoms with E-state index in [4.69, 9.17) is 9.47 Å². The van der Waals surface area contributed by atoms with Crippen molar-refractivity contribution in [2.24, 2.45) is 0 Å². The molecular weight excluding hydrogens is 478 g/mol. The minimum Gasteiger partial charge on any atom is -0.457 e. The maximum Gasteiger partial charge on any atom is 0.264 e. The molecule has 0 radical (unpaired) electrons. The van der Waals surface area contributed by atoms with Crippen molar-refractivity contribution in [1.82, 2.24) is 19.4 Å². The molecule has 38 heavy (non-hydrogen) atoms. The Labute approximate surface area is 221 Å². The summed E-state index contributed by atoms with van der Waals surface area (Å²) < 4.78 is 14.2. The average molecular weight is 508 g/mol. The first-order valence-corrected chi connectivity index (χ1v) is 12.9. The van der Waals surface area contributed by atoms with Gasteiger partial charge >= 0.3 is 0 Å². The van der Waals surface area contributed by atoms with Gasteiger partial charge in [-0.25, -0.2) is 4.98 Å². The number of fused-ring (bicyclic) bond motifs is 1. The van der Waals surface area contributed by atoms with Crippen LogP contribution in [0.25, 0.3) is 11.0 Å². The number of allylic oxidation sites excluding steroid dienone is 1. The van der Waals surface area contributed by atoms with Crippen molar-refractivity contribution < 1.29 is 14.3 Å². The summed E-state index contributed by atoms with van der Waals surface area (Å²) in [6.07, 6.45) is 8.42. The van der Waals surface area contributed by atoms with E-state index in [2.05, 4.69) is 20.6 Å². The molecule has 0 spiro atoms. The SMILES string of the molecule is CCC/C=C(\C#N)C(=O)N1CCC(n2ccc3ncnc(Oc4ccc(Oc5ccccc5)cc4)c32)CC1. The summed E-state index contributed by atoms with van der Waals surface area (Å²) in [5, 5.41) is 9.40. The summed E-state index contributed by atoms with van der Waals surface area (Å²) in [6, 6.07) is 21.2. The number of aromatic nitrogens is 3. The van der Waals surface area contributed by atoms with Crippen LogP contribution in [0.15, 0.2) is 84.8 Å². The predicted molar refractivity (Wildman–Crippen MR) is 144 cm³/mol. The normalized spacial score (nSPS) is 14.3. The van der Waals surface area contributed by atoms with E-state index in [1.54, 1.807) is 11.0 Å². The molecule has 8 heteroatoms. The fourth-order valence-electron chi connectivity index (χ4n) is 4.64. The first-order chi connectivity index (χ1) is 18.7. The molecule has 0 N–H and O–H groups in total. The molecule has 0 unspecified atom stereocenters. The number of rotatable bonds is 8. The van der Waals surface area contributed by atoms with Gasteiger partial charge in [-0.05, 0) is 61.7 Å². The number of amides is 1. The molecule has 1 aliphatic heterocycles. The number of benzene rings is 2. The maximum absolute atomic E-state index is 12.8. The summed E-state index contributed by atoms with van der Waals surface area (Å²) in [5.41, 5.74) is 1.86. The quantitative estimate of drug-likeness (QED) is 0.202. The number of para-hydroxylation sites is 1. The zero-order valence-corrected chi connectivity index (χ0v) is 21.3.